The van der Waals surface area contributed by atoms with Gasteiger partial charge >= 0.3 is 0 Å². The standard InChI is InChI=1S/C30H28FNO3/c31-21-7-13-28-27(18-21)26-11-6-20-17-23(33)8-12-25(20)29(26)30(35-28)19-4-9-24(10-5-19)34-16-14-22-3-1-2-15-32-22/h4-13,17-18,22,30,32-33H,1-3,14-16H2. The lowest BCUT2D eigenvalue weighted by molar-refractivity contribution is 0.244. The van der Waals surface area contributed by atoms with Crippen molar-refractivity contribution >= 4 is 10.8 Å². The van der Waals surface area contributed by atoms with Crippen LogP contribution in [0.15, 0.2) is 72.8 Å². The number of piperidine rings is 1. The summed E-state index contributed by atoms with van der Waals surface area (Å²) in [5.74, 6) is 1.41. The van der Waals surface area contributed by atoms with E-state index in [2.05, 4.69) is 5.32 Å². The molecular weight excluding hydrogens is 441 g/mol. The van der Waals surface area contributed by atoms with Gasteiger partial charge in [0.05, 0.1) is 6.61 Å². The predicted octanol–water partition coefficient (Wildman–Crippen LogP) is 6.74. The summed E-state index contributed by atoms with van der Waals surface area (Å²) in [5, 5.41) is 15.4. The van der Waals surface area contributed by atoms with Gasteiger partial charge in [-0.25, -0.2) is 4.39 Å². The Morgan fingerprint density at radius 2 is 1.83 bits per heavy atom. The molecule has 178 valence electrons. The number of fused-ring (bicyclic) bond motifs is 5. The third-order valence-corrected chi connectivity index (χ3v) is 7.11. The van der Waals surface area contributed by atoms with E-state index in [1.54, 1.807) is 18.2 Å². The Morgan fingerprint density at radius 3 is 2.66 bits per heavy atom. The van der Waals surface area contributed by atoms with E-state index in [0.717, 1.165) is 51.7 Å². The first kappa shape index (κ1) is 21.9. The summed E-state index contributed by atoms with van der Waals surface area (Å²) in [4.78, 5) is 0. The highest BCUT2D eigenvalue weighted by atomic mass is 19.1. The molecule has 4 aromatic rings. The zero-order valence-electron chi connectivity index (χ0n) is 19.5. The van der Waals surface area contributed by atoms with Crippen molar-refractivity contribution in [1.82, 2.24) is 5.32 Å². The lowest BCUT2D eigenvalue weighted by Gasteiger charge is -2.30. The highest BCUT2D eigenvalue weighted by Gasteiger charge is 2.29. The van der Waals surface area contributed by atoms with Gasteiger partial charge in [-0.05, 0) is 90.2 Å². The van der Waals surface area contributed by atoms with Gasteiger partial charge in [-0.2, -0.15) is 0 Å². The Hall–Kier alpha value is -3.57. The van der Waals surface area contributed by atoms with Crippen molar-refractivity contribution in [2.24, 2.45) is 0 Å². The second kappa shape index (κ2) is 9.23. The fourth-order valence-corrected chi connectivity index (χ4v) is 5.32. The second-order valence-electron chi connectivity index (χ2n) is 9.42. The fourth-order valence-electron chi connectivity index (χ4n) is 5.32. The number of benzene rings is 4. The van der Waals surface area contributed by atoms with E-state index in [0.29, 0.717) is 18.4 Å². The van der Waals surface area contributed by atoms with Crippen LogP contribution in [-0.4, -0.2) is 24.3 Å². The molecule has 2 aliphatic heterocycles. The van der Waals surface area contributed by atoms with Crippen molar-refractivity contribution in [3.8, 4) is 28.4 Å². The molecule has 6 rings (SSSR count). The van der Waals surface area contributed by atoms with Gasteiger partial charge in [-0.3, -0.25) is 0 Å². The molecule has 1 saturated heterocycles. The minimum Gasteiger partial charge on any atom is -0.508 e. The molecule has 0 aliphatic carbocycles. The lowest BCUT2D eigenvalue weighted by Crippen LogP contribution is -2.35. The van der Waals surface area contributed by atoms with Crippen molar-refractivity contribution in [1.29, 1.82) is 0 Å². The molecule has 0 radical (unpaired) electrons. The maximum atomic E-state index is 14.1. The Kier molecular flexibility index (Phi) is 5.78. The molecule has 2 atom stereocenters. The topological polar surface area (TPSA) is 50.7 Å². The molecule has 1 fully saturated rings. The molecule has 0 bridgehead atoms. The highest BCUT2D eigenvalue weighted by molar-refractivity contribution is 5.95. The number of phenolic OH excluding ortho intramolecular Hbond substituents is 1. The number of aromatic hydroxyl groups is 1. The normalized spacial score (nSPS) is 19.0. The van der Waals surface area contributed by atoms with Gasteiger partial charge < -0.3 is 19.9 Å². The first-order valence-electron chi connectivity index (χ1n) is 12.3. The third-order valence-electron chi connectivity index (χ3n) is 7.11. The molecule has 2 aliphatic rings. The summed E-state index contributed by atoms with van der Waals surface area (Å²) in [6, 6.07) is 22.5. The number of halogens is 1. The van der Waals surface area contributed by atoms with Crippen LogP contribution in [0.3, 0.4) is 0 Å². The van der Waals surface area contributed by atoms with Crippen molar-refractivity contribution in [3.05, 3.63) is 89.7 Å². The average Bonchev–Trinajstić information content (AvgIpc) is 2.89. The molecule has 2 N–H and O–H groups in total. The molecule has 0 amide bonds. The van der Waals surface area contributed by atoms with Crippen molar-refractivity contribution in [2.75, 3.05) is 13.2 Å². The number of ether oxygens (including phenoxy) is 2. The number of rotatable bonds is 5. The predicted molar refractivity (Wildman–Crippen MR) is 136 cm³/mol. The van der Waals surface area contributed by atoms with Crippen molar-refractivity contribution in [3.63, 3.8) is 0 Å². The van der Waals surface area contributed by atoms with Crippen LogP contribution in [0.25, 0.3) is 21.9 Å². The highest BCUT2D eigenvalue weighted by Crippen LogP contribution is 2.48. The molecule has 0 spiro atoms. The maximum Gasteiger partial charge on any atom is 0.150 e. The average molecular weight is 470 g/mol. The van der Waals surface area contributed by atoms with Gasteiger partial charge in [0.2, 0.25) is 0 Å². The summed E-state index contributed by atoms with van der Waals surface area (Å²) in [5.41, 5.74) is 3.64. The Balaban J connectivity index is 1.31. The second-order valence-corrected chi connectivity index (χ2v) is 9.42. The zero-order valence-corrected chi connectivity index (χ0v) is 19.5. The number of hydrogen-bond donors (Lipinski definition) is 2. The van der Waals surface area contributed by atoms with Gasteiger partial charge in [-0.1, -0.05) is 36.8 Å². The van der Waals surface area contributed by atoms with E-state index in [4.69, 9.17) is 9.47 Å². The van der Waals surface area contributed by atoms with Gasteiger partial charge in [0.25, 0.3) is 0 Å². The lowest BCUT2D eigenvalue weighted by atomic mass is 9.86. The smallest absolute Gasteiger partial charge is 0.150 e. The van der Waals surface area contributed by atoms with E-state index in [-0.39, 0.29) is 17.7 Å². The molecule has 5 heteroatoms. The van der Waals surface area contributed by atoms with Crippen LogP contribution in [0.5, 0.6) is 17.2 Å². The molecule has 4 aromatic carbocycles. The minimum absolute atomic E-state index is 0.210. The van der Waals surface area contributed by atoms with Crippen LogP contribution >= 0.6 is 0 Å². The fraction of sp³-hybridized carbons (Fsp3) is 0.267. The van der Waals surface area contributed by atoms with E-state index in [9.17, 15) is 9.50 Å². The molecule has 0 aromatic heterocycles. The van der Waals surface area contributed by atoms with Crippen LogP contribution < -0.4 is 14.8 Å². The summed E-state index contributed by atoms with van der Waals surface area (Å²) in [7, 11) is 0. The molecule has 35 heavy (non-hydrogen) atoms. The van der Waals surface area contributed by atoms with Gasteiger partial charge in [0.15, 0.2) is 6.10 Å². The molecule has 4 nitrogen and oxygen atoms in total. The molecule has 2 unspecified atom stereocenters. The van der Waals surface area contributed by atoms with E-state index in [1.807, 2.05) is 42.5 Å². The maximum absolute atomic E-state index is 14.1. The van der Waals surface area contributed by atoms with Gasteiger partial charge in [-0.15, -0.1) is 0 Å². The minimum atomic E-state index is -0.364. The van der Waals surface area contributed by atoms with E-state index >= 15 is 0 Å². The largest absolute Gasteiger partial charge is 0.508 e. The summed E-state index contributed by atoms with van der Waals surface area (Å²) in [6.45, 7) is 1.79. The first-order valence-corrected chi connectivity index (χ1v) is 12.3. The van der Waals surface area contributed by atoms with Crippen LogP contribution in [0.2, 0.25) is 0 Å². The van der Waals surface area contributed by atoms with Crippen LogP contribution in [0.1, 0.15) is 42.9 Å². The van der Waals surface area contributed by atoms with Crippen LogP contribution in [0, 0.1) is 5.82 Å². The summed E-state index contributed by atoms with van der Waals surface area (Å²) >= 11 is 0. The Morgan fingerprint density at radius 1 is 0.943 bits per heavy atom. The number of hydrogen-bond acceptors (Lipinski definition) is 4. The van der Waals surface area contributed by atoms with Crippen molar-refractivity contribution in [2.45, 2.75) is 37.8 Å². The monoisotopic (exact) mass is 469 g/mol. The van der Waals surface area contributed by atoms with Gasteiger partial charge in [0, 0.05) is 17.2 Å². The quantitative estimate of drug-likeness (QED) is 0.340. The third kappa shape index (κ3) is 4.32. The van der Waals surface area contributed by atoms with Crippen molar-refractivity contribution < 1.29 is 19.0 Å². The Bertz CT molecular complexity index is 1360. The van der Waals surface area contributed by atoms with Crippen LogP contribution in [-0.2, 0) is 0 Å². The Labute approximate surface area is 204 Å². The van der Waals surface area contributed by atoms with E-state index in [1.165, 1.54) is 31.4 Å². The SMILES string of the molecule is Oc1ccc2c3c(ccc2c1)-c1cc(F)ccc1OC3c1ccc(OCCC2CCCCN2)cc1. The first-order chi connectivity index (χ1) is 17.2. The molecule has 0 saturated carbocycles. The molecule has 2 heterocycles. The number of phenols is 1. The van der Waals surface area contributed by atoms with E-state index < -0.39 is 0 Å². The zero-order chi connectivity index (χ0) is 23.8. The summed E-state index contributed by atoms with van der Waals surface area (Å²) in [6.07, 6.45) is 4.42. The molecular formula is C30H28FNO3. The van der Waals surface area contributed by atoms with Gasteiger partial charge in [0.1, 0.15) is 23.1 Å². The van der Waals surface area contributed by atoms with Crippen LogP contribution in [0.4, 0.5) is 4.39 Å². The number of nitrogens with one attached hydrogen (secondary N) is 1. The summed E-state index contributed by atoms with van der Waals surface area (Å²) < 4.78 is 26.6.